The maximum atomic E-state index is 12.4. The zero-order valence-electron chi connectivity index (χ0n) is 20.1. The first-order chi connectivity index (χ1) is 17.7. The highest BCUT2D eigenvalue weighted by Crippen LogP contribution is 2.41. The Morgan fingerprint density at radius 1 is 0.528 bits per heavy atom. The Morgan fingerprint density at radius 3 is 1.22 bits per heavy atom. The molecule has 0 radical (unpaired) electrons. The number of esters is 1. The van der Waals surface area contributed by atoms with Crippen LogP contribution in [0.1, 0.15) is 35.1 Å². The Hall–Kier alpha value is -4.18. The van der Waals surface area contributed by atoms with E-state index in [0.29, 0.717) is 13.0 Å². The number of hydrogen-bond donors (Lipinski definition) is 1. The maximum Gasteiger partial charge on any atom is 0.321 e. The van der Waals surface area contributed by atoms with Crippen molar-refractivity contribution in [2.24, 2.45) is 0 Å². The summed E-state index contributed by atoms with van der Waals surface area (Å²) < 4.78 is 5.24. The zero-order chi connectivity index (χ0) is 24.8. The van der Waals surface area contributed by atoms with Crippen LogP contribution in [0.4, 0.5) is 0 Å². The van der Waals surface area contributed by atoms with E-state index in [1.807, 2.05) is 121 Å². The largest absolute Gasteiger partial charge is 0.465 e. The van der Waals surface area contributed by atoms with Crippen molar-refractivity contribution in [1.29, 1.82) is 0 Å². The topological polar surface area (TPSA) is 55.4 Å². The predicted octanol–water partition coefficient (Wildman–Crippen LogP) is 5.41. The summed E-state index contributed by atoms with van der Waals surface area (Å²) in [7, 11) is 0. The lowest BCUT2D eigenvalue weighted by Gasteiger charge is -2.27. The van der Waals surface area contributed by atoms with Gasteiger partial charge in [0.25, 0.3) is 0 Å². The number of carbonyl (C=O) groups excluding carboxylic acids is 2. The molecule has 2 aliphatic heterocycles. The summed E-state index contributed by atoms with van der Waals surface area (Å²) in [5, 5.41) is 2.97. The molecule has 0 spiro atoms. The number of benzene rings is 4. The average Bonchev–Trinajstić information content (AvgIpc) is 3.54. The first-order valence-corrected chi connectivity index (χ1v) is 12.4. The van der Waals surface area contributed by atoms with Crippen molar-refractivity contribution >= 4 is 11.9 Å². The van der Waals surface area contributed by atoms with Gasteiger partial charge in [-0.1, -0.05) is 121 Å². The van der Waals surface area contributed by atoms with E-state index in [1.54, 1.807) is 0 Å². The van der Waals surface area contributed by atoms with Crippen molar-refractivity contribution < 1.29 is 14.3 Å². The summed E-state index contributed by atoms with van der Waals surface area (Å²) in [5.74, 6) is -0.0280. The van der Waals surface area contributed by atoms with Crippen molar-refractivity contribution in [3.05, 3.63) is 144 Å². The fourth-order valence-electron chi connectivity index (χ4n) is 5.45. The molecule has 1 amide bonds. The van der Waals surface area contributed by atoms with Crippen LogP contribution in [0.25, 0.3) is 0 Å². The molecular formula is C32H29NO3. The van der Waals surface area contributed by atoms with Crippen LogP contribution < -0.4 is 5.32 Å². The monoisotopic (exact) mass is 475 g/mol. The van der Waals surface area contributed by atoms with E-state index >= 15 is 0 Å². The second-order valence-corrected chi connectivity index (χ2v) is 9.17. The Balaban J connectivity index is 0.000000148. The zero-order valence-corrected chi connectivity index (χ0v) is 20.1. The third-order valence-corrected chi connectivity index (χ3v) is 7.30. The van der Waals surface area contributed by atoms with Crippen LogP contribution in [0.15, 0.2) is 121 Å². The molecule has 4 aromatic rings. The van der Waals surface area contributed by atoms with Crippen LogP contribution >= 0.6 is 0 Å². The molecule has 4 heteroatoms. The second-order valence-electron chi connectivity index (χ2n) is 9.17. The number of amides is 1. The lowest BCUT2D eigenvalue weighted by atomic mass is 9.73. The molecule has 2 heterocycles. The summed E-state index contributed by atoms with van der Waals surface area (Å²) in [4.78, 5) is 24.7. The molecule has 2 saturated heterocycles. The highest BCUT2D eigenvalue weighted by atomic mass is 16.5. The minimum atomic E-state index is -0.622. The molecule has 0 bridgehead atoms. The molecule has 36 heavy (non-hydrogen) atoms. The number of cyclic esters (lactones) is 1. The van der Waals surface area contributed by atoms with Gasteiger partial charge in [-0.3, -0.25) is 9.59 Å². The summed E-state index contributed by atoms with van der Waals surface area (Å²) in [6, 6.07) is 39.9. The molecule has 180 valence electrons. The number of hydrogen-bond acceptors (Lipinski definition) is 3. The molecule has 1 N–H and O–H groups in total. The number of rotatable bonds is 4. The quantitative estimate of drug-likeness (QED) is 0.402. The normalized spacial score (nSPS) is 17.4. The lowest BCUT2D eigenvalue weighted by molar-refractivity contribution is -0.141. The predicted molar refractivity (Wildman–Crippen MR) is 141 cm³/mol. The standard InChI is InChI=1S/C16H15NO.C16H14O2/c18-15-16(11-12-17-15,13-7-3-1-4-8-13)14-9-5-2-6-10-14;17-15-16(11-12-18-15,13-7-3-1-4-8-13)14-9-5-2-6-10-14/h1-10H,11-12H2,(H,17,18);1-10H,11-12H2. The van der Waals surface area contributed by atoms with E-state index < -0.39 is 10.8 Å². The maximum absolute atomic E-state index is 12.4. The fraction of sp³-hybridized carbons (Fsp3) is 0.188. The minimum absolute atomic E-state index is 0.111. The number of nitrogens with one attached hydrogen (secondary N) is 1. The summed E-state index contributed by atoms with van der Waals surface area (Å²) in [5.41, 5.74) is 3.04. The molecule has 0 unspecified atom stereocenters. The Morgan fingerprint density at radius 2 is 0.917 bits per heavy atom. The summed E-state index contributed by atoms with van der Waals surface area (Å²) in [6.45, 7) is 1.23. The van der Waals surface area contributed by atoms with Crippen LogP contribution in [0, 0.1) is 0 Å². The summed E-state index contributed by atoms with van der Waals surface area (Å²) >= 11 is 0. The smallest absolute Gasteiger partial charge is 0.321 e. The van der Waals surface area contributed by atoms with Crippen LogP contribution in [0.5, 0.6) is 0 Å². The number of carbonyl (C=O) groups is 2. The van der Waals surface area contributed by atoms with Gasteiger partial charge in [-0.05, 0) is 28.7 Å². The third-order valence-electron chi connectivity index (χ3n) is 7.30. The van der Waals surface area contributed by atoms with Gasteiger partial charge in [0.1, 0.15) is 10.8 Å². The highest BCUT2D eigenvalue weighted by Gasteiger charge is 2.47. The molecule has 4 aromatic carbocycles. The van der Waals surface area contributed by atoms with Crippen molar-refractivity contribution in [2.45, 2.75) is 23.7 Å². The van der Waals surface area contributed by atoms with Gasteiger partial charge in [-0.25, -0.2) is 0 Å². The van der Waals surface area contributed by atoms with E-state index in [2.05, 4.69) is 5.32 Å². The summed E-state index contributed by atoms with van der Waals surface area (Å²) in [6.07, 6.45) is 1.53. The molecular weight excluding hydrogens is 446 g/mol. The first-order valence-electron chi connectivity index (χ1n) is 12.4. The van der Waals surface area contributed by atoms with Gasteiger partial charge in [0.05, 0.1) is 6.61 Å². The van der Waals surface area contributed by atoms with Crippen molar-refractivity contribution in [2.75, 3.05) is 13.2 Å². The lowest BCUT2D eigenvalue weighted by Crippen LogP contribution is -2.36. The molecule has 0 saturated carbocycles. The van der Waals surface area contributed by atoms with Crippen LogP contribution in [0.2, 0.25) is 0 Å². The van der Waals surface area contributed by atoms with Gasteiger partial charge in [0.2, 0.25) is 5.91 Å². The van der Waals surface area contributed by atoms with E-state index in [1.165, 1.54) is 0 Å². The molecule has 2 fully saturated rings. The van der Waals surface area contributed by atoms with Gasteiger partial charge in [-0.15, -0.1) is 0 Å². The van der Waals surface area contributed by atoms with Gasteiger partial charge in [0.15, 0.2) is 0 Å². The van der Waals surface area contributed by atoms with Crippen molar-refractivity contribution in [3.63, 3.8) is 0 Å². The van der Waals surface area contributed by atoms with E-state index in [4.69, 9.17) is 4.74 Å². The van der Waals surface area contributed by atoms with E-state index in [0.717, 1.165) is 35.2 Å². The fourth-order valence-corrected chi connectivity index (χ4v) is 5.45. The third kappa shape index (κ3) is 4.09. The number of ether oxygens (including phenoxy) is 1. The van der Waals surface area contributed by atoms with Crippen LogP contribution in [-0.2, 0) is 25.2 Å². The minimum Gasteiger partial charge on any atom is -0.465 e. The molecule has 6 rings (SSSR count). The van der Waals surface area contributed by atoms with Crippen LogP contribution in [0.3, 0.4) is 0 Å². The van der Waals surface area contributed by atoms with Crippen molar-refractivity contribution in [3.8, 4) is 0 Å². The van der Waals surface area contributed by atoms with Gasteiger partial charge in [0, 0.05) is 13.0 Å². The van der Waals surface area contributed by atoms with Gasteiger partial charge >= 0.3 is 5.97 Å². The molecule has 0 aromatic heterocycles. The Bertz CT molecular complexity index is 1120. The average molecular weight is 476 g/mol. The molecule has 0 aliphatic carbocycles. The van der Waals surface area contributed by atoms with Crippen LogP contribution in [-0.4, -0.2) is 25.0 Å². The van der Waals surface area contributed by atoms with E-state index in [-0.39, 0.29) is 11.9 Å². The Kier molecular flexibility index (Phi) is 6.68. The SMILES string of the molecule is O=C1NCCC1(c1ccccc1)c1ccccc1.O=C1OCCC1(c1ccccc1)c1ccccc1. The molecule has 4 nitrogen and oxygen atoms in total. The van der Waals surface area contributed by atoms with Gasteiger partial charge in [-0.2, -0.15) is 0 Å². The first kappa shape index (κ1) is 23.6. The second kappa shape index (κ2) is 10.2. The van der Waals surface area contributed by atoms with E-state index in [9.17, 15) is 9.59 Å². The van der Waals surface area contributed by atoms with Crippen molar-refractivity contribution in [1.82, 2.24) is 5.32 Å². The molecule has 0 atom stereocenters. The molecule has 2 aliphatic rings. The Labute approximate surface area is 212 Å². The highest BCUT2D eigenvalue weighted by molar-refractivity contribution is 5.94. The van der Waals surface area contributed by atoms with Gasteiger partial charge < -0.3 is 10.1 Å².